The molecule has 2 heterocycles. The quantitative estimate of drug-likeness (QED) is 0.584. The van der Waals surface area contributed by atoms with Gasteiger partial charge in [-0.25, -0.2) is 14.2 Å². The van der Waals surface area contributed by atoms with Gasteiger partial charge in [-0.1, -0.05) is 18.2 Å². The van der Waals surface area contributed by atoms with Crippen LogP contribution < -0.4 is 16.2 Å². The third-order valence-corrected chi connectivity index (χ3v) is 3.99. The maximum atomic E-state index is 12.8. The summed E-state index contributed by atoms with van der Waals surface area (Å²) < 4.78 is 7.90. The van der Waals surface area contributed by atoms with E-state index in [0.29, 0.717) is 22.7 Å². The van der Waals surface area contributed by atoms with E-state index in [1.165, 1.54) is 28.3 Å². The molecular weight excluding hydrogens is 334 g/mol. The summed E-state index contributed by atoms with van der Waals surface area (Å²) in [6.07, 6.45) is 1.55. The number of aromatic nitrogens is 4. The number of aromatic hydroxyl groups is 1. The van der Waals surface area contributed by atoms with Gasteiger partial charge in [0.25, 0.3) is 0 Å². The van der Waals surface area contributed by atoms with Gasteiger partial charge >= 0.3 is 5.69 Å². The number of anilines is 1. The molecule has 0 bridgehead atoms. The van der Waals surface area contributed by atoms with Crippen LogP contribution in [0.15, 0.2) is 59.5 Å². The van der Waals surface area contributed by atoms with Gasteiger partial charge in [0.1, 0.15) is 11.5 Å². The molecule has 4 aromatic rings. The number of nitrogens with zero attached hydrogens (tertiary/aromatic N) is 4. The van der Waals surface area contributed by atoms with Crippen molar-refractivity contribution >= 4 is 11.5 Å². The molecule has 0 aliphatic heterocycles. The first-order valence-corrected chi connectivity index (χ1v) is 7.79. The lowest BCUT2D eigenvalue weighted by molar-refractivity contribution is 0.409. The van der Waals surface area contributed by atoms with Crippen molar-refractivity contribution in [2.75, 3.05) is 12.8 Å². The summed E-state index contributed by atoms with van der Waals surface area (Å²) in [7, 11) is 1.49. The molecule has 2 aromatic carbocycles. The molecule has 4 rings (SSSR count). The van der Waals surface area contributed by atoms with E-state index in [0.717, 1.165) is 0 Å². The summed E-state index contributed by atoms with van der Waals surface area (Å²) in [6.45, 7) is 0. The number of phenolic OH excluding ortho intramolecular Hbond substituents is 1. The van der Waals surface area contributed by atoms with Gasteiger partial charge < -0.3 is 15.6 Å². The topological polar surface area (TPSA) is 108 Å². The highest BCUT2D eigenvalue weighted by Crippen LogP contribution is 2.32. The molecule has 0 amide bonds. The van der Waals surface area contributed by atoms with Crippen molar-refractivity contribution in [1.29, 1.82) is 0 Å². The minimum atomic E-state index is -0.362. The summed E-state index contributed by atoms with van der Waals surface area (Å²) >= 11 is 0. The molecule has 0 fully saturated rings. The van der Waals surface area contributed by atoms with Gasteiger partial charge in [-0.05, 0) is 24.3 Å². The number of fused-ring (bicyclic) bond motifs is 1. The number of hydrogen-bond donors (Lipinski definition) is 2. The van der Waals surface area contributed by atoms with E-state index in [1.807, 2.05) is 18.2 Å². The molecule has 3 N–H and O–H groups in total. The Morgan fingerprint density at radius 2 is 1.92 bits per heavy atom. The van der Waals surface area contributed by atoms with Gasteiger partial charge in [-0.3, -0.25) is 0 Å². The first kappa shape index (κ1) is 15.7. The van der Waals surface area contributed by atoms with Crippen molar-refractivity contribution in [3.05, 3.63) is 65.2 Å². The number of ether oxygens (including phenoxy) is 1. The largest absolute Gasteiger partial charge is 0.508 e. The number of nitrogens with two attached hydrogens (primary N) is 1. The van der Waals surface area contributed by atoms with E-state index >= 15 is 0 Å². The predicted molar refractivity (Wildman–Crippen MR) is 96.6 cm³/mol. The maximum absolute atomic E-state index is 12.8. The van der Waals surface area contributed by atoms with Gasteiger partial charge in [0.15, 0.2) is 5.82 Å². The molecule has 8 nitrogen and oxygen atoms in total. The van der Waals surface area contributed by atoms with Crippen LogP contribution in [0, 0.1) is 0 Å². The minimum absolute atomic E-state index is 0.0636. The van der Waals surface area contributed by atoms with Crippen LogP contribution in [0.25, 0.3) is 22.6 Å². The standard InChI is InChI=1S/C18H15N5O3/c1-26-15-9-12(24)7-8-13(15)14-10-22-17(16(19)20-14)21-23(18(22)25)11-5-3-2-4-6-11/h2-10,24H,1H3,(H2,19,20). The molecule has 8 heteroatoms. The molecule has 130 valence electrons. The first-order valence-electron chi connectivity index (χ1n) is 7.79. The average Bonchev–Trinajstić information content (AvgIpc) is 3.00. The summed E-state index contributed by atoms with van der Waals surface area (Å²) in [5, 5.41) is 13.9. The number of phenols is 1. The Bertz CT molecular complexity index is 1160. The average molecular weight is 349 g/mol. The van der Waals surface area contributed by atoms with Gasteiger partial charge in [0.2, 0.25) is 5.65 Å². The Kier molecular flexibility index (Phi) is 3.58. The fraction of sp³-hybridized carbons (Fsp3) is 0.0556. The Labute approximate surface area is 147 Å². The smallest absolute Gasteiger partial charge is 0.355 e. The Hall–Kier alpha value is -3.81. The zero-order valence-electron chi connectivity index (χ0n) is 13.8. The molecular formula is C18H15N5O3. The van der Waals surface area contributed by atoms with Gasteiger partial charge in [-0.2, -0.15) is 4.68 Å². The van der Waals surface area contributed by atoms with Crippen molar-refractivity contribution in [3.63, 3.8) is 0 Å². The highest BCUT2D eigenvalue weighted by molar-refractivity contribution is 5.72. The third-order valence-electron chi connectivity index (χ3n) is 3.99. The fourth-order valence-corrected chi connectivity index (χ4v) is 2.76. The molecule has 0 aliphatic rings. The molecule has 0 atom stereocenters. The lowest BCUT2D eigenvalue weighted by atomic mass is 10.1. The Balaban J connectivity index is 1.96. The van der Waals surface area contributed by atoms with Crippen molar-refractivity contribution in [2.45, 2.75) is 0 Å². The molecule has 2 aromatic heterocycles. The lowest BCUT2D eigenvalue weighted by Crippen LogP contribution is -2.19. The number of methoxy groups -OCH3 is 1. The van der Waals surface area contributed by atoms with Crippen LogP contribution in [0.4, 0.5) is 5.82 Å². The number of benzene rings is 2. The second-order valence-corrected chi connectivity index (χ2v) is 5.62. The van der Waals surface area contributed by atoms with E-state index in [9.17, 15) is 9.90 Å². The molecule has 26 heavy (non-hydrogen) atoms. The van der Waals surface area contributed by atoms with Gasteiger partial charge in [-0.15, -0.1) is 5.10 Å². The lowest BCUT2D eigenvalue weighted by Gasteiger charge is -2.09. The van der Waals surface area contributed by atoms with Crippen LogP contribution in [0.5, 0.6) is 11.5 Å². The Morgan fingerprint density at radius 1 is 1.15 bits per heavy atom. The monoisotopic (exact) mass is 349 g/mol. The van der Waals surface area contributed by atoms with Crippen LogP contribution >= 0.6 is 0 Å². The van der Waals surface area contributed by atoms with Crippen molar-refractivity contribution in [3.8, 4) is 28.4 Å². The van der Waals surface area contributed by atoms with Crippen LogP contribution in [-0.4, -0.2) is 31.4 Å². The zero-order valence-corrected chi connectivity index (χ0v) is 13.8. The second kappa shape index (κ2) is 5.92. The normalized spacial score (nSPS) is 11.0. The van der Waals surface area contributed by atoms with E-state index in [1.54, 1.807) is 24.4 Å². The summed E-state index contributed by atoms with van der Waals surface area (Å²) in [4.78, 5) is 17.1. The minimum Gasteiger partial charge on any atom is -0.508 e. The van der Waals surface area contributed by atoms with Crippen molar-refractivity contribution in [1.82, 2.24) is 19.2 Å². The van der Waals surface area contributed by atoms with Crippen molar-refractivity contribution in [2.24, 2.45) is 0 Å². The molecule has 0 unspecified atom stereocenters. The number of hydrogen-bond acceptors (Lipinski definition) is 6. The van der Waals surface area contributed by atoms with E-state index < -0.39 is 0 Å². The summed E-state index contributed by atoms with van der Waals surface area (Å²) in [5.41, 5.74) is 7.60. The SMILES string of the molecule is COc1cc(O)ccc1-c1cn2c(=O)n(-c3ccccc3)nc2c(N)n1. The maximum Gasteiger partial charge on any atom is 0.355 e. The van der Waals surface area contributed by atoms with E-state index in [-0.39, 0.29) is 22.9 Å². The van der Waals surface area contributed by atoms with Crippen LogP contribution in [-0.2, 0) is 0 Å². The molecule has 0 spiro atoms. The third kappa shape index (κ3) is 2.44. The van der Waals surface area contributed by atoms with Crippen LogP contribution in [0.3, 0.4) is 0 Å². The molecule has 0 radical (unpaired) electrons. The highest BCUT2D eigenvalue weighted by atomic mass is 16.5. The second-order valence-electron chi connectivity index (χ2n) is 5.62. The van der Waals surface area contributed by atoms with Gasteiger partial charge in [0, 0.05) is 17.8 Å². The van der Waals surface area contributed by atoms with Gasteiger partial charge in [0.05, 0.1) is 18.5 Å². The van der Waals surface area contributed by atoms with Crippen molar-refractivity contribution < 1.29 is 9.84 Å². The highest BCUT2D eigenvalue weighted by Gasteiger charge is 2.16. The predicted octanol–water partition coefficient (Wildman–Crippen LogP) is 1.84. The summed E-state index contributed by atoms with van der Waals surface area (Å²) in [5.74, 6) is 0.595. The first-order chi connectivity index (χ1) is 12.6. The number of para-hydroxylation sites is 1. The van der Waals surface area contributed by atoms with Crippen LogP contribution in [0.1, 0.15) is 0 Å². The zero-order chi connectivity index (χ0) is 18.3. The molecule has 0 saturated carbocycles. The molecule has 0 aliphatic carbocycles. The Morgan fingerprint density at radius 3 is 2.65 bits per heavy atom. The van der Waals surface area contributed by atoms with E-state index in [4.69, 9.17) is 10.5 Å². The van der Waals surface area contributed by atoms with E-state index in [2.05, 4.69) is 10.1 Å². The fourth-order valence-electron chi connectivity index (χ4n) is 2.76. The number of rotatable bonds is 3. The summed E-state index contributed by atoms with van der Waals surface area (Å²) in [6, 6.07) is 13.7. The molecule has 0 saturated heterocycles. The number of nitrogen functional groups attached to an aromatic ring is 1. The van der Waals surface area contributed by atoms with Crippen LogP contribution in [0.2, 0.25) is 0 Å².